The molecular formula is C22H38FIN4O2. The minimum atomic E-state index is -0.219. The lowest BCUT2D eigenvalue weighted by atomic mass is 10.0. The van der Waals surface area contributed by atoms with Gasteiger partial charge in [-0.25, -0.2) is 4.39 Å². The van der Waals surface area contributed by atoms with E-state index in [0.29, 0.717) is 12.5 Å². The van der Waals surface area contributed by atoms with Gasteiger partial charge in [0.1, 0.15) is 5.82 Å². The van der Waals surface area contributed by atoms with Crippen LogP contribution in [-0.4, -0.2) is 71.0 Å². The molecule has 1 unspecified atom stereocenters. The van der Waals surface area contributed by atoms with E-state index in [1.165, 1.54) is 12.1 Å². The van der Waals surface area contributed by atoms with Crippen molar-refractivity contribution in [1.82, 2.24) is 15.5 Å². The van der Waals surface area contributed by atoms with Gasteiger partial charge in [-0.3, -0.25) is 4.99 Å². The third kappa shape index (κ3) is 10.4. The molecule has 0 aliphatic carbocycles. The van der Waals surface area contributed by atoms with Crippen LogP contribution in [0.3, 0.4) is 0 Å². The van der Waals surface area contributed by atoms with Crippen LogP contribution in [0.2, 0.25) is 0 Å². The first-order valence-electron chi connectivity index (χ1n) is 10.7. The summed E-state index contributed by atoms with van der Waals surface area (Å²) in [6, 6.07) is 6.74. The maximum Gasteiger partial charge on any atom is 0.191 e. The van der Waals surface area contributed by atoms with Crippen molar-refractivity contribution in [2.45, 2.75) is 32.2 Å². The van der Waals surface area contributed by atoms with Crippen LogP contribution in [0.25, 0.3) is 0 Å². The molecule has 0 spiro atoms. The van der Waals surface area contributed by atoms with Gasteiger partial charge < -0.3 is 25.0 Å². The number of guanidine groups is 1. The Bertz CT molecular complexity index is 595. The summed E-state index contributed by atoms with van der Waals surface area (Å²) in [6.45, 7) is 7.57. The van der Waals surface area contributed by atoms with Crippen molar-refractivity contribution in [3.8, 4) is 0 Å². The number of hydrogen-bond acceptors (Lipinski definition) is 4. The SMILES string of the molecule is CCNC(=NCC(c1ccc(F)cc1)N(C)C)NCCCOCC1CCOCC1.I. The maximum absolute atomic E-state index is 13.2. The third-order valence-electron chi connectivity index (χ3n) is 5.10. The molecule has 1 aliphatic heterocycles. The van der Waals surface area contributed by atoms with Crippen LogP contribution in [0, 0.1) is 11.7 Å². The number of halogens is 2. The summed E-state index contributed by atoms with van der Waals surface area (Å²) in [6.07, 6.45) is 3.15. The number of ether oxygens (including phenoxy) is 2. The molecule has 0 aromatic heterocycles. The van der Waals surface area contributed by atoms with Crippen LogP contribution in [0.1, 0.15) is 37.8 Å². The molecule has 1 fully saturated rings. The van der Waals surface area contributed by atoms with Crippen molar-refractivity contribution in [2.75, 3.05) is 60.2 Å². The topological polar surface area (TPSA) is 58.1 Å². The van der Waals surface area contributed by atoms with Gasteiger partial charge >= 0.3 is 0 Å². The van der Waals surface area contributed by atoms with E-state index in [0.717, 1.165) is 70.3 Å². The summed E-state index contributed by atoms with van der Waals surface area (Å²) in [5.74, 6) is 1.22. The minimum Gasteiger partial charge on any atom is -0.381 e. The van der Waals surface area contributed by atoms with Crippen LogP contribution in [-0.2, 0) is 9.47 Å². The Hall–Kier alpha value is -0.970. The lowest BCUT2D eigenvalue weighted by molar-refractivity contribution is 0.0203. The quantitative estimate of drug-likeness (QED) is 0.197. The standard InChI is InChI=1S/C22H37FN4O2.HI/c1-4-24-22(25-12-5-13-29-17-18-10-14-28-15-11-18)26-16-21(27(2)3)19-6-8-20(23)9-7-19;/h6-9,18,21H,4-5,10-17H2,1-3H3,(H2,24,25,26);1H. The molecule has 30 heavy (non-hydrogen) atoms. The molecule has 172 valence electrons. The second kappa shape index (κ2) is 15.8. The molecule has 0 radical (unpaired) electrons. The van der Waals surface area contributed by atoms with E-state index in [4.69, 9.17) is 14.5 Å². The fraction of sp³-hybridized carbons (Fsp3) is 0.682. The molecular weight excluding hydrogens is 498 g/mol. The summed E-state index contributed by atoms with van der Waals surface area (Å²) in [5, 5.41) is 6.66. The molecule has 1 heterocycles. The zero-order valence-corrected chi connectivity index (χ0v) is 20.9. The van der Waals surface area contributed by atoms with E-state index in [9.17, 15) is 4.39 Å². The van der Waals surface area contributed by atoms with E-state index < -0.39 is 0 Å². The molecule has 1 aliphatic rings. The van der Waals surface area contributed by atoms with Crippen LogP contribution < -0.4 is 10.6 Å². The zero-order chi connectivity index (χ0) is 20.9. The van der Waals surface area contributed by atoms with Gasteiger partial charge in [-0.05, 0) is 63.9 Å². The number of nitrogens with zero attached hydrogens (tertiary/aromatic N) is 2. The Morgan fingerprint density at radius 1 is 1.23 bits per heavy atom. The van der Waals surface area contributed by atoms with Gasteiger partial charge in [0, 0.05) is 39.5 Å². The molecule has 8 heteroatoms. The number of likely N-dealkylation sites (N-methyl/N-ethyl adjacent to an activating group) is 1. The number of hydrogen-bond donors (Lipinski definition) is 2. The summed E-state index contributed by atoms with van der Waals surface area (Å²) in [5.41, 5.74) is 1.05. The highest BCUT2D eigenvalue weighted by Gasteiger charge is 2.15. The lowest BCUT2D eigenvalue weighted by Crippen LogP contribution is -2.38. The van der Waals surface area contributed by atoms with Crippen LogP contribution in [0.5, 0.6) is 0 Å². The van der Waals surface area contributed by atoms with Crippen molar-refractivity contribution in [1.29, 1.82) is 0 Å². The van der Waals surface area contributed by atoms with E-state index in [2.05, 4.69) is 22.5 Å². The molecule has 1 aromatic rings. The summed E-state index contributed by atoms with van der Waals surface area (Å²) < 4.78 is 24.4. The summed E-state index contributed by atoms with van der Waals surface area (Å²) >= 11 is 0. The average Bonchev–Trinajstić information content (AvgIpc) is 2.72. The maximum atomic E-state index is 13.2. The number of rotatable bonds is 11. The Morgan fingerprint density at radius 2 is 1.93 bits per heavy atom. The molecule has 1 atom stereocenters. The monoisotopic (exact) mass is 536 g/mol. The fourth-order valence-electron chi connectivity index (χ4n) is 3.32. The molecule has 1 saturated heterocycles. The predicted octanol–water partition coefficient (Wildman–Crippen LogP) is 3.43. The Kier molecular flexibility index (Phi) is 14.2. The van der Waals surface area contributed by atoms with Gasteiger partial charge in [-0.15, -0.1) is 24.0 Å². The van der Waals surface area contributed by atoms with Crippen molar-refractivity contribution < 1.29 is 13.9 Å². The Morgan fingerprint density at radius 3 is 2.57 bits per heavy atom. The lowest BCUT2D eigenvalue weighted by Gasteiger charge is -2.24. The number of nitrogens with one attached hydrogen (secondary N) is 2. The second-order valence-corrected chi connectivity index (χ2v) is 7.66. The predicted molar refractivity (Wildman–Crippen MR) is 131 cm³/mol. The first-order valence-corrected chi connectivity index (χ1v) is 10.7. The highest BCUT2D eigenvalue weighted by Crippen LogP contribution is 2.19. The zero-order valence-electron chi connectivity index (χ0n) is 18.5. The third-order valence-corrected chi connectivity index (χ3v) is 5.10. The van der Waals surface area contributed by atoms with Crippen LogP contribution in [0.15, 0.2) is 29.3 Å². The van der Waals surface area contributed by atoms with Crippen LogP contribution in [0.4, 0.5) is 4.39 Å². The molecule has 0 saturated carbocycles. The first-order chi connectivity index (χ1) is 14.1. The van der Waals surface area contributed by atoms with Gasteiger partial charge in [0.15, 0.2) is 5.96 Å². The Balaban J connectivity index is 0.00000450. The highest BCUT2D eigenvalue weighted by atomic mass is 127. The van der Waals surface area contributed by atoms with Crippen molar-refractivity contribution in [2.24, 2.45) is 10.9 Å². The van der Waals surface area contributed by atoms with Gasteiger partial charge in [-0.2, -0.15) is 0 Å². The normalized spacial score (nSPS) is 16.2. The average molecular weight is 536 g/mol. The van der Waals surface area contributed by atoms with E-state index in [-0.39, 0.29) is 35.8 Å². The van der Waals surface area contributed by atoms with Crippen molar-refractivity contribution in [3.63, 3.8) is 0 Å². The molecule has 6 nitrogen and oxygen atoms in total. The smallest absolute Gasteiger partial charge is 0.191 e. The highest BCUT2D eigenvalue weighted by molar-refractivity contribution is 14.0. The van der Waals surface area contributed by atoms with Gasteiger partial charge in [0.2, 0.25) is 0 Å². The second-order valence-electron chi connectivity index (χ2n) is 7.66. The molecule has 1 aromatic carbocycles. The number of benzene rings is 1. The van der Waals surface area contributed by atoms with Gasteiger partial charge in [-0.1, -0.05) is 12.1 Å². The van der Waals surface area contributed by atoms with Crippen LogP contribution >= 0.6 is 24.0 Å². The van der Waals surface area contributed by atoms with E-state index in [1.54, 1.807) is 0 Å². The minimum absolute atomic E-state index is 0. The summed E-state index contributed by atoms with van der Waals surface area (Å²) in [7, 11) is 4.03. The largest absolute Gasteiger partial charge is 0.381 e. The molecule has 2 N–H and O–H groups in total. The molecule has 0 bridgehead atoms. The molecule has 2 rings (SSSR count). The van der Waals surface area contributed by atoms with Gasteiger partial charge in [0.25, 0.3) is 0 Å². The molecule has 0 amide bonds. The van der Waals surface area contributed by atoms with Crippen molar-refractivity contribution in [3.05, 3.63) is 35.6 Å². The fourth-order valence-corrected chi connectivity index (χ4v) is 3.32. The van der Waals surface area contributed by atoms with E-state index in [1.807, 2.05) is 26.2 Å². The van der Waals surface area contributed by atoms with E-state index >= 15 is 0 Å². The van der Waals surface area contributed by atoms with Gasteiger partial charge in [0.05, 0.1) is 12.6 Å². The summed E-state index contributed by atoms with van der Waals surface area (Å²) in [4.78, 5) is 6.83. The first kappa shape index (κ1) is 27.1. The Labute approximate surface area is 198 Å². The number of aliphatic imine (C=N–C) groups is 1. The van der Waals surface area contributed by atoms with Crippen molar-refractivity contribution >= 4 is 29.9 Å².